The van der Waals surface area contributed by atoms with E-state index in [1.165, 1.54) is 11.8 Å². The van der Waals surface area contributed by atoms with Gasteiger partial charge in [0.1, 0.15) is 6.04 Å². The third-order valence-corrected chi connectivity index (χ3v) is 9.73. The van der Waals surface area contributed by atoms with Crippen LogP contribution in [0.4, 0.5) is 5.69 Å². The summed E-state index contributed by atoms with van der Waals surface area (Å²) >= 11 is 1.53. The molecule has 4 aliphatic heterocycles. The van der Waals surface area contributed by atoms with Gasteiger partial charge in [-0.1, -0.05) is 42.5 Å². The van der Waals surface area contributed by atoms with Gasteiger partial charge in [0.05, 0.1) is 35.8 Å². The van der Waals surface area contributed by atoms with E-state index in [1.807, 2.05) is 50.3 Å². The number of esters is 1. The fraction of sp³-hybridized carbons (Fsp3) is 0.536. The minimum atomic E-state index is -0.921. The van der Waals surface area contributed by atoms with Gasteiger partial charge in [-0.2, -0.15) is 0 Å². The van der Waals surface area contributed by atoms with Gasteiger partial charge in [-0.15, -0.1) is 11.8 Å². The predicted molar refractivity (Wildman–Crippen MR) is 140 cm³/mol. The fourth-order valence-electron chi connectivity index (χ4n) is 6.35. The number of hydrogen-bond donors (Lipinski definition) is 1. The number of carbonyl (C=O) groups is 3. The van der Waals surface area contributed by atoms with Gasteiger partial charge in [0, 0.05) is 17.5 Å². The van der Waals surface area contributed by atoms with Gasteiger partial charge in [-0.25, -0.2) is 0 Å². The Morgan fingerprint density at radius 2 is 1.89 bits per heavy atom. The van der Waals surface area contributed by atoms with Crippen LogP contribution >= 0.6 is 11.8 Å². The second kappa shape index (κ2) is 9.71. The van der Waals surface area contributed by atoms with E-state index >= 15 is 0 Å². The van der Waals surface area contributed by atoms with Crippen LogP contribution in [-0.2, 0) is 19.1 Å². The fourth-order valence-corrected chi connectivity index (χ4v) is 8.34. The number of allylic oxidation sites excluding steroid dienone is 1. The molecule has 0 aliphatic carbocycles. The van der Waals surface area contributed by atoms with Gasteiger partial charge in [-0.3, -0.25) is 14.4 Å². The van der Waals surface area contributed by atoms with E-state index in [9.17, 15) is 19.5 Å². The highest BCUT2D eigenvalue weighted by Gasteiger charge is 2.71. The molecule has 1 N–H and O–H groups in total. The number of likely N-dealkylation sites (tertiary alicyclic amines) is 1. The summed E-state index contributed by atoms with van der Waals surface area (Å²) in [5, 5.41) is 9.82. The monoisotopic (exact) mass is 510 g/mol. The molecule has 5 rings (SSSR count). The molecule has 0 radical (unpaired) electrons. The van der Waals surface area contributed by atoms with Crippen molar-refractivity contribution in [2.45, 2.75) is 62.1 Å². The third-order valence-electron chi connectivity index (χ3n) is 7.99. The highest BCUT2D eigenvalue weighted by Crippen LogP contribution is 2.61. The number of rotatable bonds is 3. The SMILES string of the molecule is Cc1cccc(C)c1N1CC=C[C@]23S[C@@H]4/C=C\CCCCOC(=O)[C@@H]4[C@H]2C(=O)N([C@H](C)CO)C3C1=O. The largest absolute Gasteiger partial charge is 0.465 e. The summed E-state index contributed by atoms with van der Waals surface area (Å²) < 4.78 is 4.72. The Balaban J connectivity index is 1.65. The molecule has 4 aliphatic rings. The molecule has 36 heavy (non-hydrogen) atoms. The summed E-state index contributed by atoms with van der Waals surface area (Å²) in [6.07, 6.45) is 10.7. The maximum absolute atomic E-state index is 14.4. The van der Waals surface area contributed by atoms with Crippen molar-refractivity contribution in [3.63, 3.8) is 0 Å². The molecule has 192 valence electrons. The van der Waals surface area contributed by atoms with E-state index in [1.54, 1.807) is 16.7 Å². The standard InChI is InChI=1S/C28H34N2O5S/c1-17-10-8-11-18(2)23(17)29-14-9-13-28-22(25(32)30(19(3)16-31)24(28)26(29)33)21-20(36-28)12-6-4-5-7-15-35-27(21)34/h6,8-13,19-22,24,31H,4-5,7,14-16H2,1-3H3/b12-6-/t19-,20-,21+,22+,24?,28+/m1/s1. The zero-order valence-corrected chi connectivity index (χ0v) is 21.9. The highest BCUT2D eigenvalue weighted by atomic mass is 32.2. The van der Waals surface area contributed by atoms with E-state index in [2.05, 4.69) is 6.08 Å². The number of aliphatic hydroxyl groups is 1. The van der Waals surface area contributed by atoms with E-state index in [0.29, 0.717) is 13.2 Å². The summed E-state index contributed by atoms with van der Waals surface area (Å²) in [6.45, 7) is 6.16. The second-order valence-corrected chi connectivity index (χ2v) is 11.8. The molecule has 2 amide bonds. The van der Waals surface area contributed by atoms with Crippen LogP contribution < -0.4 is 4.90 Å². The van der Waals surface area contributed by atoms with Crippen molar-refractivity contribution in [3.8, 4) is 0 Å². The first kappa shape index (κ1) is 25.1. The van der Waals surface area contributed by atoms with Crippen molar-refractivity contribution < 1.29 is 24.2 Å². The highest BCUT2D eigenvalue weighted by molar-refractivity contribution is 8.02. The molecular weight excluding hydrogens is 476 g/mol. The topological polar surface area (TPSA) is 87.2 Å². The first-order chi connectivity index (χ1) is 17.3. The Morgan fingerprint density at radius 1 is 1.14 bits per heavy atom. The summed E-state index contributed by atoms with van der Waals surface area (Å²) in [5.74, 6) is -2.23. The quantitative estimate of drug-likeness (QED) is 0.497. The van der Waals surface area contributed by atoms with E-state index in [0.717, 1.165) is 36.1 Å². The number of nitrogens with zero attached hydrogens (tertiary/aromatic N) is 2. The number of carbonyl (C=O) groups excluding carboxylic acids is 3. The molecule has 6 atom stereocenters. The van der Waals surface area contributed by atoms with Crippen molar-refractivity contribution in [2.75, 3.05) is 24.7 Å². The van der Waals surface area contributed by atoms with Crippen molar-refractivity contribution in [1.29, 1.82) is 0 Å². The Morgan fingerprint density at radius 3 is 2.61 bits per heavy atom. The molecule has 7 nitrogen and oxygen atoms in total. The average Bonchev–Trinajstić information content (AvgIpc) is 3.25. The summed E-state index contributed by atoms with van der Waals surface area (Å²) in [4.78, 5) is 45.2. The first-order valence-corrected chi connectivity index (χ1v) is 13.7. The van der Waals surface area contributed by atoms with Gasteiger partial charge in [0.15, 0.2) is 0 Å². The number of amides is 2. The van der Waals surface area contributed by atoms with Crippen molar-refractivity contribution in [3.05, 3.63) is 53.6 Å². The normalized spacial score (nSPS) is 33.9. The molecule has 2 saturated heterocycles. The minimum Gasteiger partial charge on any atom is -0.465 e. The molecule has 2 fully saturated rings. The Hall–Kier alpha value is -2.58. The Labute approximate surface area is 216 Å². The van der Waals surface area contributed by atoms with Crippen LogP contribution in [0.2, 0.25) is 0 Å². The van der Waals surface area contributed by atoms with Gasteiger partial charge in [0.25, 0.3) is 5.91 Å². The molecule has 1 aromatic carbocycles. The lowest BCUT2D eigenvalue weighted by atomic mass is 9.78. The number of hydrogen-bond acceptors (Lipinski definition) is 6. The van der Waals surface area contributed by atoms with Crippen molar-refractivity contribution >= 4 is 35.2 Å². The van der Waals surface area contributed by atoms with Crippen molar-refractivity contribution in [1.82, 2.24) is 4.90 Å². The number of anilines is 1. The molecule has 8 heteroatoms. The molecule has 4 heterocycles. The number of cyclic esters (lactones) is 1. The van der Waals surface area contributed by atoms with Crippen LogP contribution in [0.3, 0.4) is 0 Å². The number of ether oxygens (including phenoxy) is 1. The molecule has 1 spiro atoms. The molecule has 0 aromatic heterocycles. The van der Waals surface area contributed by atoms with Crippen molar-refractivity contribution in [2.24, 2.45) is 11.8 Å². The maximum Gasteiger partial charge on any atom is 0.311 e. The van der Waals surface area contributed by atoms with Gasteiger partial charge in [-0.05, 0) is 51.2 Å². The van der Waals surface area contributed by atoms with E-state index in [-0.39, 0.29) is 29.6 Å². The number of para-hydroxylation sites is 1. The van der Waals surface area contributed by atoms with Crippen LogP contribution in [0.25, 0.3) is 0 Å². The van der Waals surface area contributed by atoms with Gasteiger partial charge < -0.3 is 19.6 Å². The van der Waals surface area contributed by atoms with Crippen LogP contribution in [0, 0.1) is 25.7 Å². The number of aliphatic hydroxyl groups excluding tert-OH is 1. The first-order valence-electron chi connectivity index (χ1n) is 12.8. The number of benzene rings is 1. The van der Waals surface area contributed by atoms with E-state index in [4.69, 9.17) is 4.74 Å². The van der Waals surface area contributed by atoms with E-state index < -0.39 is 28.7 Å². The molecule has 1 unspecified atom stereocenters. The third kappa shape index (κ3) is 3.80. The smallest absolute Gasteiger partial charge is 0.311 e. The number of thioether (sulfide) groups is 1. The lowest BCUT2D eigenvalue weighted by molar-refractivity contribution is -0.153. The number of aryl methyl sites for hydroxylation is 2. The zero-order valence-electron chi connectivity index (χ0n) is 21.1. The minimum absolute atomic E-state index is 0.179. The Kier molecular flexibility index (Phi) is 6.76. The summed E-state index contributed by atoms with van der Waals surface area (Å²) in [7, 11) is 0. The van der Waals surface area contributed by atoms with Gasteiger partial charge in [0.2, 0.25) is 5.91 Å². The van der Waals surface area contributed by atoms with Gasteiger partial charge >= 0.3 is 5.97 Å². The Bertz CT molecular complexity index is 1110. The molecular formula is C28H34N2O5S. The number of fused-ring (bicyclic) bond motifs is 2. The molecule has 1 aromatic rings. The molecule has 0 bridgehead atoms. The molecule has 0 saturated carbocycles. The summed E-state index contributed by atoms with van der Waals surface area (Å²) in [6, 6.07) is 4.53. The van der Waals surface area contributed by atoms with Crippen LogP contribution in [-0.4, -0.2) is 69.6 Å². The van der Waals surface area contributed by atoms with Crippen LogP contribution in [0.5, 0.6) is 0 Å². The lowest BCUT2D eigenvalue weighted by Crippen LogP contribution is -2.56. The summed E-state index contributed by atoms with van der Waals surface area (Å²) in [5.41, 5.74) is 2.81. The lowest BCUT2D eigenvalue weighted by Gasteiger charge is -2.38. The maximum atomic E-state index is 14.4. The zero-order chi connectivity index (χ0) is 25.6. The second-order valence-electron chi connectivity index (χ2n) is 10.3. The average molecular weight is 511 g/mol. The van der Waals surface area contributed by atoms with Crippen LogP contribution in [0.15, 0.2) is 42.5 Å². The van der Waals surface area contributed by atoms with Crippen LogP contribution in [0.1, 0.15) is 37.3 Å². The predicted octanol–water partition coefficient (Wildman–Crippen LogP) is 3.17.